The summed E-state index contributed by atoms with van der Waals surface area (Å²) >= 11 is 0. The number of likely N-dealkylation sites (tertiary alicyclic amines) is 1. The molecule has 0 radical (unpaired) electrons. The number of carbonyl (C=O) groups is 3. The summed E-state index contributed by atoms with van der Waals surface area (Å²) < 4.78 is 1.74. The summed E-state index contributed by atoms with van der Waals surface area (Å²) in [5.41, 5.74) is 7.50. The quantitative estimate of drug-likeness (QED) is 0.564. The molecule has 3 atom stereocenters. The van der Waals surface area contributed by atoms with Crippen LogP contribution in [0.2, 0.25) is 0 Å². The van der Waals surface area contributed by atoms with E-state index in [-0.39, 0.29) is 23.6 Å². The fourth-order valence-electron chi connectivity index (χ4n) is 6.00. The van der Waals surface area contributed by atoms with Crippen LogP contribution in [0, 0.1) is 24.7 Å². The number of nitrogen functional groups attached to an aromatic ring is 1. The number of rotatable bonds is 8. The Bertz CT molecular complexity index is 1100. The van der Waals surface area contributed by atoms with Crippen molar-refractivity contribution >= 4 is 29.5 Å². The number of carbonyl (C=O) groups excluding carboxylic acids is 3. The number of pyridine rings is 1. The molecule has 9 nitrogen and oxygen atoms in total. The van der Waals surface area contributed by atoms with Crippen LogP contribution in [0.25, 0.3) is 0 Å². The Morgan fingerprint density at radius 2 is 1.94 bits per heavy atom. The van der Waals surface area contributed by atoms with E-state index in [1.807, 2.05) is 13.0 Å². The van der Waals surface area contributed by atoms with E-state index in [0.717, 1.165) is 30.5 Å². The van der Waals surface area contributed by atoms with Crippen molar-refractivity contribution in [3.8, 4) is 0 Å². The van der Waals surface area contributed by atoms with E-state index in [2.05, 4.69) is 16.9 Å². The maximum atomic E-state index is 13.7. The molecule has 0 spiro atoms. The molecule has 2 aromatic heterocycles. The van der Waals surface area contributed by atoms with E-state index in [1.54, 1.807) is 37.1 Å². The molecule has 3 heterocycles. The Morgan fingerprint density at radius 1 is 1.22 bits per heavy atom. The van der Waals surface area contributed by atoms with Gasteiger partial charge in [0, 0.05) is 38.6 Å². The molecule has 1 saturated carbocycles. The second-order valence-electron chi connectivity index (χ2n) is 10.4. The van der Waals surface area contributed by atoms with Crippen LogP contribution in [0.4, 0.5) is 11.8 Å². The maximum Gasteiger partial charge on any atom is 0.253 e. The van der Waals surface area contributed by atoms with Crippen LogP contribution in [-0.2, 0) is 27.9 Å². The van der Waals surface area contributed by atoms with Crippen molar-refractivity contribution in [2.75, 3.05) is 17.7 Å². The van der Waals surface area contributed by atoms with Gasteiger partial charge in [-0.2, -0.15) is 0 Å². The molecule has 2 aromatic rings. The van der Waals surface area contributed by atoms with Gasteiger partial charge in [-0.15, -0.1) is 0 Å². The van der Waals surface area contributed by atoms with Gasteiger partial charge in [0.25, 0.3) is 5.91 Å². The molecule has 0 aromatic carbocycles. The van der Waals surface area contributed by atoms with Crippen molar-refractivity contribution in [3.63, 3.8) is 0 Å². The van der Waals surface area contributed by atoms with Crippen LogP contribution < -0.4 is 10.6 Å². The largest absolute Gasteiger partial charge is 0.384 e. The van der Waals surface area contributed by atoms with Crippen LogP contribution in [0.3, 0.4) is 0 Å². The minimum atomic E-state index is -0.870. The predicted molar refractivity (Wildman–Crippen MR) is 138 cm³/mol. The second kappa shape index (κ2) is 10.8. The number of imidazole rings is 1. The zero-order valence-corrected chi connectivity index (χ0v) is 21.8. The van der Waals surface area contributed by atoms with Gasteiger partial charge in [-0.3, -0.25) is 24.2 Å². The second-order valence-corrected chi connectivity index (χ2v) is 10.4. The van der Waals surface area contributed by atoms with Gasteiger partial charge in [0.1, 0.15) is 11.9 Å². The fourth-order valence-corrected chi connectivity index (χ4v) is 6.00. The Hall–Kier alpha value is -3.23. The number of likely N-dealkylation sites (N-methyl/N-ethyl adjacent to an activating group) is 1. The Labute approximate surface area is 213 Å². The van der Waals surface area contributed by atoms with Gasteiger partial charge < -0.3 is 10.3 Å². The summed E-state index contributed by atoms with van der Waals surface area (Å²) in [5.74, 6) is 0.0807. The first-order valence-electron chi connectivity index (χ1n) is 13.0. The van der Waals surface area contributed by atoms with E-state index < -0.39 is 12.0 Å². The van der Waals surface area contributed by atoms with Gasteiger partial charge in [-0.25, -0.2) is 9.97 Å². The molecular weight excluding hydrogens is 456 g/mol. The average Bonchev–Trinajstić information content (AvgIpc) is 3.28. The van der Waals surface area contributed by atoms with Gasteiger partial charge in [0.2, 0.25) is 17.8 Å². The van der Waals surface area contributed by atoms with Crippen molar-refractivity contribution in [1.82, 2.24) is 19.4 Å². The summed E-state index contributed by atoms with van der Waals surface area (Å²) in [7, 11) is 3.44. The third kappa shape index (κ3) is 5.15. The summed E-state index contributed by atoms with van der Waals surface area (Å²) in [6.07, 6.45) is 10.8. The van der Waals surface area contributed by atoms with Crippen molar-refractivity contribution < 1.29 is 14.4 Å². The highest BCUT2D eigenvalue weighted by Gasteiger charge is 2.55. The molecule has 1 saturated heterocycles. The standard InChI is InChI=1S/C27H38N6O3/c1-5-19(20-9-7-6-8-10-20)16-23(34)33-24(26(36)32(4)27-29-11-12-31(27)3)21(25(33)35)14-18-13-17(2)30-22(28)15-18/h11-13,15,19-21,24H,5-10,14,16H2,1-4H3,(H2,28,30)/t19-,21+,24-/m0/s1. The number of hydrogen-bond donors (Lipinski definition) is 1. The van der Waals surface area contributed by atoms with Crippen LogP contribution >= 0.6 is 0 Å². The molecule has 2 aliphatic rings. The van der Waals surface area contributed by atoms with Gasteiger partial charge >= 0.3 is 0 Å². The lowest BCUT2D eigenvalue weighted by Gasteiger charge is -2.46. The SMILES string of the molecule is CC[C@@H](CC(=O)N1C(=O)[C@H](Cc2cc(C)nc(N)c2)[C@H]1C(=O)N(C)c1nccn1C)C1CCCCC1. The molecule has 0 unspecified atom stereocenters. The molecule has 2 N–H and O–H groups in total. The van der Waals surface area contributed by atoms with Crippen molar-refractivity contribution in [1.29, 1.82) is 0 Å². The number of imide groups is 1. The van der Waals surface area contributed by atoms with E-state index in [0.29, 0.717) is 30.5 Å². The Morgan fingerprint density at radius 3 is 2.56 bits per heavy atom. The summed E-state index contributed by atoms with van der Waals surface area (Å²) in [6, 6.07) is 2.73. The molecule has 3 amide bonds. The van der Waals surface area contributed by atoms with E-state index in [1.165, 1.54) is 29.1 Å². The third-order valence-electron chi connectivity index (χ3n) is 7.93. The van der Waals surface area contributed by atoms with Crippen LogP contribution in [0.1, 0.15) is 63.1 Å². The average molecular weight is 495 g/mol. The summed E-state index contributed by atoms with van der Waals surface area (Å²) in [5, 5.41) is 0. The van der Waals surface area contributed by atoms with Crippen LogP contribution in [0.5, 0.6) is 0 Å². The smallest absolute Gasteiger partial charge is 0.253 e. The first kappa shape index (κ1) is 25.9. The van der Waals surface area contributed by atoms with Crippen molar-refractivity contribution in [2.45, 2.75) is 71.3 Å². The summed E-state index contributed by atoms with van der Waals surface area (Å²) in [6.45, 7) is 3.95. The number of nitrogens with zero attached hydrogens (tertiary/aromatic N) is 5. The van der Waals surface area contributed by atoms with Crippen molar-refractivity contribution in [3.05, 3.63) is 35.8 Å². The zero-order valence-electron chi connectivity index (χ0n) is 21.8. The highest BCUT2D eigenvalue weighted by Crippen LogP contribution is 2.37. The van der Waals surface area contributed by atoms with Gasteiger partial charge in [-0.05, 0) is 42.9 Å². The highest BCUT2D eigenvalue weighted by atomic mass is 16.2. The van der Waals surface area contributed by atoms with Gasteiger partial charge in [-0.1, -0.05) is 45.4 Å². The molecular formula is C27H38N6O3. The number of aryl methyl sites for hydroxylation is 2. The normalized spacial score (nSPS) is 21.2. The molecule has 9 heteroatoms. The molecule has 1 aliphatic heterocycles. The topological polar surface area (TPSA) is 114 Å². The predicted octanol–water partition coefficient (Wildman–Crippen LogP) is 3.26. The number of nitrogens with two attached hydrogens (primary N) is 1. The van der Waals surface area contributed by atoms with Crippen LogP contribution in [-0.4, -0.2) is 50.2 Å². The lowest BCUT2D eigenvalue weighted by atomic mass is 9.76. The molecule has 36 heavy (non-hydrogen) atoms. The molecule has 2 fully saturated rings. The fraction of sp³-hybridized carbons (Fsp3) is 0.593. The number of amides is 3. The minimum absolute atomic E-state index is 0.232. The number of hydrogen-bond acceptors (Lipinski definition) is 6. The molecule has 0 bridgehead atoms. The van der Waals surface area contributed by atoms with E-state index >= 15 is 0 Å². The van der Waals surface area contributed by atoms with E-state index in [9.17, 15) is 14.4 Å². The summed E-state index contributed by atoms with van der Waals surface area (Å²) in [4.78, 5) is 51.8. The first-order valence-corrected chi connectivity index (χ1v) is 13.0. The Balaban J connectivity index is 1.58. The maximum absolute atomic E-state index is 13.7. The zero-order chi connectivity index (χ0) is 26.0. The lowest BCUT2D eigenvalue weighted by Crippen LogP contribution is -2.69. The molecule has 1 aliphatic carbocycles. The van der Waals surface area contributed by atoms with Crippen molar-refractivity contribution in [2.24, 2.45) is 24.8 Å². The Kier molecular flexibility index (Phi) is 7.76. The first-order chi connectivity index (χ1) is 17.2. The van der Waals surface area contributed by atoms with Gasteiger partial charge in [0.15, 0.2) is 0 Å². The number of anilines is 2. The third-order valence-corrected chi connectivity index (χ3v) is 7.93. The monoisotopic (exact) mass is 494 g/mol. The lowest BCUT2D eigenvalue weighted by molar-refractivity contribution is -0.171. The van der Waals surface area contributed by atoms with E-state index in [4.69, 9.17) is 5.73 Å². The van der Waals surface area contributed by atoms with Gasteiger partial charge in [0.05, 0.1) is 5.92 Å². The number of β-lactam (4-membered cyclic amide) rings is 1. The van der Waals surface area contributed by atoms with Crippen LogP contribution in [0.15, 0.2) is 24.5 Å². The highest BCUT2D eigenvalue weighted by molar-refractivity contribution is 6.12. The minimum Gasteiger partial charge on any atom is -0.384 e. The number of aromatic nitrogens is 3. The molecule has 194 valence electrons. The molecule has 4 rings (SSSR count).